The highest BCUT2D eigenvalue weighted by Crippen LogP contribution is 2.35. The Morgan fingerprint density at radius 2 is 1.08 bits per heavy atom. The summed E-state index contributed by atoms with van der Waals surface area (Å²) >= 11 is 0. The fourth-order valence-electron chi connectivity index (χ4n) is 4.27. The summed E-state index contributed by atoms with van der Waals surface area (Å²) in [7, 11) is 0. The highest BCUT2D eigenvalue weighted by molar-refractivity contribution is 6.09. The van der Waals surface area contributed by atoms with E-state index in [4.69, 9.17) is 0 Å². The summed E-state index contributed by atoms with van der Waals surface area (Å²) in [6.07, 6.45) is 0. The minimum absolute atomic E-state index is 0.514. The molecule has 0 N–H and O–H groups in total. The summed E-state index contributed by atoms with van der Waals surface area (Å²) in [6.45, 7) is 11.5. The average Bonchev–Trinajstić information content (AvgIpc) is 2.96. The normalized spacial score (nSPS) is 12.0. The van der Waals surface area contributed by atoms with Crippen molar-refractivity contribution in [3.8, 4) is 5.69 Å². The maximum Gasteiger partial charge on any atom is 0.0541 e. The van der Waals surface area contributed by atoms with E-state index in [0.29, 0.717) is 11.8 Å². The van der Waals surface area contributed by atoms with Gasteiger partial charge in [-0.3, -0.25) is 0 Å². The first-order chi connectivity index (χ1) is 12.5. The summed E-state index contributed by atoms with van der Waals surface area (Å²) in [5, 5.41) is 2.64. The SMILES string of the molecule is Cc1c(C(C)C)cc(-n2c3ccccc3c3ccccc32)cc1C(C)C. The Bertz CT molecular complexity index is 1010. The van der Waals surface area contributed by atoms with Crippen molar-refractivity contribution in [1.82, 2.24) is 4.57 Å². The Labute approximate surface area is 156 Å². The smallest absolute Gasteiger partial charge is 0.0541 e. The Hall–Kier alpha value is -2.54. The van der Waals surface area contributed by atoms with Gasteiger partial charge in [0.25, 0.3) is 0 Å². The van der Waals surface area contributed by atoms with E-state index in [-0.39, 0.29) is 0 Å². The Kier molecular flexibility index (Phi) is 4.11. The summed E-state index contributed by atoms with van der Waals surface area (Å²) in [6, 6.07) is 22.3. The first kappa shape index (κ1) is 16.9. The molecule has 1 nitrogen and oxygen atoms in total. The largest absolute Gasteiger partial charge is 0.309 e. The van der Waals surface area contributed by atoms with Crippen LogP contribution in [0.25, 0.3) is 27.5 Å². The predicted octanol–water partition coefficient (Wildman–Crippen LogP) is 7.34. The van der Waals surface area contributed by atoms with Crippen LogP contribution in [0.4, 0.5) is 0 Å². The number of benzene rings is 3. The third kappa shape index (κ3) is 2.54. The molecule has 132 valence electrons. The maximum atomic E-state index is 2.43. The molecule has 0 aliphatic carbocycles. The summed E-state index contributed by atoms with van der Waals surface area (Å²) in [4.78, 5) is 0. The van der Waals surface area contributed by atoms with Crippen LogP contribution in [0.5, 0.6) is 0 Å². The standard InChI is InChI=1S/C25H27N/c1-16(2)22-14-19(15-23(17(3)4)18(22)5)26-24-12-8-6-10-20(24)21-11-7-9-13-25(21)26/h6-17H,1-5H3. The van der Waals surface area contributed by atoms with E-state index in [1.165, 1.54) is 44.2 Å². The van der Waals surface area contributed by atoms with Gasteiger partial charge in [-0.05, 0) is 59.7 Å². The monoisotopic (exact) mass is 341 g/mol. The van der Waals surface area contributed by atoms with Gasteiger partial charge in [0.1, 0.15) is 0 Å². The number of hydrogen-bond donors (Lipinski definition) is 0. The molecular weight excluding hydrogens is 314 g/mol. The first-order valence-electron chi connectivity index (χ1n) is 9.62. The molecule has 0 spiro atoms. The summed E-state index contributed by atoms with van der Waals surface area (Å²) < 4.78 is 2.43. The van der Waals surface area contributed by atoms with Gasteiger partial charge in [0, 0.05) is 16.5 Å². The lowest BCUT2D eigenvalue weighted by atomic mass is 9.89. The lowest BCUT2D eigenvalue weighted by molar-refractivity contribution is 0.814. The number of aromatic nitrogens is 1. The predicted molar refractivity (Wildman–Crippen MR) is 114 cm³/mol. The molecule has 0 fully saturated rings. The van der Waals surface area contributed by atoms with E-state index >= 15 is 0 Å². The molecule has 0 bridgehead atoms. The van der Waals surface area contributed by atoms with Crippen molar-refractivity contribution in [1.29, 1.82) is 0 Å². The van der Waals surface area contributed by atoms with E-state index in [1.807, 2.05) is 0 Å². The number of hydrogen-bond acceptors (Lipinski definition) is 0. The van der Waals surface area contributed by atoms with Crippen molar-refractivity contribution >= 4 is 21.8 Å². The van der Waals surface area contributed by atoms with E-state index < -0.39 is 0 Å². The van der Waals surface area contributed by atoms with Crippen molar-refractivity contribution in [2.75, 3.05) is 0 Å². The van der Waals surface area contributed by atoms with Crippen LogP contribution < -0.4 is 0 Å². The molecule has 1 aromatic heterocycles. The molecule has 0 amide bonds. The highest BCUT2D eigenvalue weighted by Gasteiger charge is 2.16. The van der Waals surface area contributed by atoms with E-state index in [9.17, 15) is 0 Å². The number of nitrogens with zero attached hydrogens (tertiary/aromatic N) is 1. The quantitative estimate of drug-likeness (QED) is 0.367. The Balaban J connectivity index is 2.13. The molecule has 4 rings (SSSR count). The van der Waals surface area contributed by atoms with Crippen molar-refractivity contribution in [2.45, 2.75) is 46.5 Å². The van der Waals surface area contributed by atoms with Crippen LogP contribution in [0.1, 0.15) is 56.2 Å². The van der Waals surface area contributed by atoms with Crippen LogP contribution in [0, 0.1) is 6.92 Å². The summed E-state index contributed by atoms with van der Waals surface area (Å²) in [5.74, 6) is 1.03. The highest BCUT2D eigenvalue weighted by atomic mass is 15.0. The van der Waals surface area contributed by atoms with Crippen molar-refractivity contribution < 1.29 is 0 Å². The second-order valence-electron chi connectivity index (χ2n) is 7.93. The number of rotatable bonds is 3. The number of para-hydroxylation sites is 2. The van der Waals surface area contributed by atoms with E-state index in [2.05, 4.69) is 99.8 Å². The first-order valence-corrected chi connectivity index (χ1v) is 9.62. The minimum Gasteiger partial charge on any atom is -0.309 e. The Morgan fingerprint density at radius 3 is 1.50 bits per heavy atom. The zero-order chi connectivity index (χ0) is 18.4. The average molecular weight is 341 g/mol. The molecule has 3 aromatic carbocycles. The van der Waals surface area contributed by atoms with Crippen LogP contribution in [0.2, 0.25) is 0 Å². The van der Waals surface area contributed by atoms with Crippen molar-refractivity contribution in [3.05, 3.63) is 77.4 Å². The molecule has 0 radical (unpaired) electrons. The van der Waals surface area contributed by atoms with Crippen molar-refractivity contribution in [2.24, 2.45) is 0 Å². The van der Waals surface area contributed by atoms with E-state index in [1.54, 1.807) is 0 Å². The van der Waals surface area contributed by atoms with Crippen LogP contribution in [0.3, 0.4) is 0 Å². The zero-order valence-corrected chi connectivity index (χ0v) is 16.4. The molecule has 0 saturated carbocycles. The fraction of sp³-hybridized carbons (Fsp3) is 0.280. The Morgan fingerprint density at radius 1 is 0.654 bits per heavy atom. The zero-order valence-electron chi connectivity index (χ0n) is 16.4. The van der Waals surface area contributed by atoms with Gasteiger partial charge < -0.3 is 4.57 Å². The molecule has 0 atom stereocenters. The van der Waals surface area contributed by atoms with Gasteiger partial charge in [0.15, 0.2) is 0 Å². The molecule has 1 heteroatoms. The van der Waals surface area contributed by atoms with Crippen LogP contribution in [-0.2, 0) is 0 Å². The third-order valence-corrected chi connectivity index (χ3v) is 5.56. The van der Waals surface area contributed by atoms with Gasteiger partial charge in [-0.1, -0.05) is 64.1 Å². The fourth-order valence-corrected chi connectivity index (χ4v) is 4.27. The van der Waals surface area contributed by atoms with Gasteiger partial charge in [0.2, 0.25) is 0 Å². The molecule has 0 aliphatic rings. The molecule has 0 aliphatic heterocycles. The lowest BCUT2D eigenvalue weighted by Crippen LogP contribution is -2.04. The van der Waals surface area contributed by atoms with Crippen LogP contribution >= 0.6 is 0 Å². The van der Waals surface area contributed by atoms with Gasteiger partial charge >= 0.3 is 0 Å². The maximum absolute atomic E-state index is 2.43. The summed E-state index contributed by atoms with van der Waals surface area (Å²) in [5.41, 5.74) is 8.19. The van der Waals surface area contributed by atoms with Crippen LogP contribution in [0.15, 0.2) is 60.7 Å². The third-order valence-electron chi connectivity index (χ3n) is 5.56. The van der Waals surface area contributed by atoms with Gasteiger partial charge in [-0.25, -0.2) is 0 Å². The van der Waals surface area contributed by atoms with Gasteiger partial charge in [-0.15, -0.1) is 0 Å². The number of fused-ring (bicyclic) bond motifs is 3. The van der Waals surface area contributed by atoms with Crippen molar-refractivity contribution in [3.63, 3.8) is 0 Å². The molecule has 0 saturated heterocycles. The van der Waals surface area contributed by atoms with E-state index in [0.717, 1.165) is 0 Å². The van der Waals surface area contributed by atoms with Gasteiger partial charge in [-0.2, -0.15) is 0 Å². The topological polar surface area (TPSA) is 4.93 Å². The molecule has 26 heavy (non-hydrogen) atoms. The van der Waals surface area contributed by atoms with Crippen LogP contribution in [-0.4, -0.2) is 4.57 Å². The molecule has 4 aromatic rings. The second kappa shape index (κ2) is 6.32. The second-order valence-corrected chi connectivity index (χ2v) is 7.93. The minimum atomic E-state index is 0.514. The lowest BCUT2D eigenvalue weighted by Gasteiger charge is -2.20. The molecular formula is C25H27N. The van der Waals surface area contributed by atoms with Gasteiger partial charge in [0.05, 0.1) is 11.0 Å². The molecule has 0 unspecified atom stereocenters. The molecule has 1 heterocycles.